The van der Waals surface area contributed by atoms with Crippen LogP contribution in [0.5, 0.6) is 0 Å². The van der Waals surface area contributed by atoms with Crippen molar-refractivity contribution in [3.63, 3.8) is 0 Å². The van der Waals surface area contributed by atoms with Gasteiger partial charge in [-0.05, 0) is 6.42 Å². The second kappa shape index (κ2) is 6.85. The van der Waals surface area contributed by atoms with Crippen LogP contribution in [0.15, 0.2) is 0 Å². The first-order valence-electron chi connectivity index (χ1n) is 3.69. The molecule has 0 aliphatic rings. The molecule has 66 valence electrons. The van der Waals surface area contributed by atoms with Gasteiger partial charge in [0, 0.05) is 12.2 Å². The van der Waals surface area contributed by atoms with E-state index in [4.69, 9.17) is 4.74 Å². The molecular weight excluding hydrogens is 180 g/mol. The van der Waals surface area contributed by atoms with Crippen LogP contribution < -0.4 is 0 Å². The number of hydrogen-bond donors (Lipinski definition) is 2. The fourth-order valence-electron chi connectivity index (χ4n) is 0.569. The molecule has 0 heterocycles. The molecule has 11 heavy (non-hydrogen) atoms. The van der Waals surface area contributed by atoms with Crippen LogP contribution >= 0.6 is 25.3 Å². The lowest BCUT2D eigenvalue weighted by Gasteiger charge is -2.08. The van der Waals surface area contributed by atoms with Gasteiger partial charge in [-0.25, -0.2) is 0 Å². The molecule has 0 N–H and O–H groups in total. The summed E-state index contributed by atoms with van der Waals surface area (Å²) in [5.41, 5.74) is -0.359. The summed E-state index contributed by atoms with van der Waals surface area (Å²) in [4.78, 5) is 10.9. The number of unbranched alkanes of at least 4 members (excludes halogenated alkanes) is 1. The molecule has 0 aliphatic carbocycles. The molecule has 0 radical (unpaired) electrons. The van der Waals surface area contributed by atoms with Crippen LogP contribution in [0.3, 0.4) is 0 Å². The first-order valence-corrected chi connectivity index (χ1v) is 4.84. The van der Waals surface area contributed by atoms with E-state index in [1.54, 1.807) is 0 Å². The van der Waals surface area contributed by atoms with Crippen LogP contribution in [-0.2, 0) is 9.53 Å². The summed E-state index contributed by atoms with van der Waals surface area (Å²) in [7, 11) is 0. The first-order chi connectivity index (χ1) is 5.20. The number of esters is 1. The maximum Gasteiger partial charge on any atom is 0.306 e. The Kier molecular flexibility index (Phi) is 6.96. The van der Waals surface area contributed by atoms with Gasteiger partial charge in [0.2, 0.25) is 0 Å². The summed E-state index contributed by atoms with van der Waals surface area (Å²) >= 11 is 7.90. The van der Waals surface area contributed by atoms with E-state index in [0.717, 1.165) is 12.8 Å². The van der Waals surface area contributed by atoms with Crippen molar-refractivity contribution in [2.45, 2.75) is 31.6 Å². The van der Waals surface area contributed by atoms with E-state index in [0.29, 0.717) is 12.2 Å². The zero-order valence-electron chi connectivity index (χ0n) is 6.62. The highest BCUT2D eigenvalue weighted by atomic mass is 32.1. The van der Waals surface area contributed by atoms with Crippen LogP contribution in [0.2, 0.25) is 0 Å². The summed E-state index contributed by atoms with van der Waals surface area (Å²) < 4.78 is 4.85. The highest BCUT2D eigenvalue weighted by Crippen LogP contribution is 2.04. The molecule has 0 rings (SSSR count). The Bertz CT molecular complexity index is 117. The number of rotatable bonds is 5. The van der Waals surface area contributed by atoms with Gasteiger partial charge in [0.15, 0.2) is 5.44 Å². The van der Waals surface area contributed by atoms with Gasteiger partial charge in [-0.1, -0.05) is 13.3 Å². The molecule has 4 heteroatoms. The van der Waals surface area contributed by atoms with Crippen molar-refractivity contribution in [1.29, 1.82) is 0 Å². The van der Waals surface area contributed by atoms with Gasteiger partial charge < -0.3 is 4.74 Å². The van der Waals surface area contributed by atoms with Crippen molar-refractivity contribution in [1.82, 2.24) is 0 Å². The fourth-order valence-corrected chi connectivity index (χ4v) is 0.761. The Labute approximate surface area is 78.5 Å². The number of hydrogen-bond acceptors (Lipinski definition) is 4. The Morgan fingerprint density at radius 3 is 2.73 bits per heavy atom. The molecule has 0 spiro atoms. The standard InChI is InChI=1S/C7H14O2S2/c1-2-3-4-6(8)9-7(11)5-10/h7,10-11H,2-5H2,1H3. The quantitative estimate of drug-likeness (QED) is 0.397. The molecule has 0 aromatic carbocycles. The predicted octanol–water partition coefficient (Wildman–Crippen LogP) is 1.91. The maximum absolute atomic E-state index is 10.9. The highest BCUT2D eigenvalue weighted by Gasteiger charge is 2.06. The SMILES string of the molecule is CCCCC(=O)OC(S)CS. The van der Waals surface area contributed by atoms with E-state index in [1.165, 1.54) is 0 Å². The van der Waals surface area contributed by atoms with Crippen molar-refractivity contribution in [3.05, 3.63) is 0 Å². The minimum absolute atomic E-state index is 0.180. The lowest BCUT2D eigenvalue weighted by atomic mass is 10.2. The van der Waals surface area contributed by atoms with Crippen LogP contribution in [0.1, 0.15) is 26.2 Å². The Balaban J connectivity index is 3.36. The second-order valence-corrected chi connectivity index (χ2v) is 3.17. The summed E-state index contributed by atoms with van der Waals surface area (Å²) in [6, 6.07) is 0. The molecule has 0 bridgehead atoms. The molecule has 0 saturated carbocycles. The van der Waals surface area contributed by atoms with E-state index in [-0.39, 0.29) is 11.4 Å². The lowest BCUT2D eigenvalue weighted by molar-refractivity contribution is -0.144. The number of thiol groups is 2. The van der Waals surface area contributed by atoms with Gasteiger partial charge in [-0.2, -0.15) is 12.6 Å². The zero-order chi connectivity index (χ0) is 8.69. The van der Waals surface area contributed by atoms with Gasteiger partial charge in [-0.15, -0.1) is 12.6 Å². The normalized spacial score (nSPS) is 12.6. The van der Waals surface area contributed by atoms with Crippen molar-refractivity contribution >= 4 is 31.2 Å². The van der Waals surface area contributed by atoms with E-state index in [9.17, 15) is 4.79 Å². The van der Waals surface area contributed by atoms with E-state index < -0.39 is 0 Å². The Hall–Kier alpha value is 0.170. The average molecular weight is 194 g/mol. The van der Waals surface area contributed by atoms with E-state index >= 15 is 0 Å². The van der Waals surface area contributed by atoms with Crippen molar-refractivity contribution in [2.24, 2.45) is 0 Å². The molecule has 1 unspecified atom stereocenters. The first kappa shape index (κ1) is 11.2. The van der Waals surface area contributed by atoms with Gasteiger partial charge in [0.25, 0.3) is 0 Å². The molecule has 0 aromatic rings. The topological polar surface area (TPSA) is 26.3 Å². The monoisotopic (exact) mass is 194 g/mol. The molecule has 1 atom stereocenters. The lowest BCUT2D eigenvalue weighted by Crippen LogP contribution is -2.13. The van der Waals surface area contributed by atoms with E-state index in [2.05, 4.69) is 25.3 Å². The number of ether oxygens (including phenoxy) is 1. The molecular formula is C7H14O2S2. The van der Waals surface area contributed by atoms with Crippen molar-refractivity contribution in [3.8, 4) is 0 Å². The largest absolute Gasteiger partial charge is 0.451 e. The van der Waals surface area contributed by atoms with Gasteiger partial charge in [0.05, 0.1) is 0 Å². The van der Waals surface area contributed by atoms with Gasteiger partial charge in [0.1, 0.15) is 0 Å². The zero-order valence-corrected chi connectivity index (χ0v) is 8.41. The summed E-state index contributed by atoms with van der Waals surface area (Å²) in [6.45, 7) is 2.03. The molecule has 0 aliphatic heterocycles. The number of carbonyl (C=O) groups is 1. The third kappa shape index (κ3) is 6.56. The van der Waals surface area contributed by atoms with Crippen molar-refractivity contribution in [2.75, 3.05) is 5.75 Å². The summed E-state index contributed by atoms with van der Waals surface area (Å²) in [6.07, 6.45) is 2.38. The second-order valence-electron chi connectivity index (χ2n) is 2.23. The van der Waals surface area contributed by atoms with Crippen molar-refractivity contribution < 1.29 is 9.53 Å². The minimum atomic E-state index is -0.359. The van der Waals surface area contributed by atoms with Crippen LogP contribution in [0.4, 0.5) is 0 Å². The average Bonchev–Trinajstić information content (AvgIpc) is 2.00. The Morgan fingerprint density at radius 2 is 2.27 bits per heavy atom. The molecule has 0 saturated heterocycles. The summed E-state index contributed by atoms with van der Waals surface area (Å²) in [5.74, 6) is 0.280. The van der Waals surface area contributed by atoms with Crippen LogP contribution in [0.25, 0.3) is 0 Å². The smallest absolute Gasteiger partial charge is 0.306 e. The highest BCUT2D eigenvalue weighted by molar-refractivity contribution is 7.84. The predicted molar refractivity (Wildman–Crippen MR) is 52.2 cm³/mol. The summed E-state index contributed by atoms with van der Waals surface area (Å²) in [5, 5.41) is 0. The minimum Gasteiger partial charge on any atom is -0.451 e. The molecule has 0 aromatic heterocycles. The number of carbonyl (C=O) groups excluding carboxylic acids is 1. The van der Waals surface area contributed by atoms with Crippen LogP contribution in [0, 0.1) is 0 Å². The van der Waals surface area contributed by atoms with Gasteiger partial charge in [-0.3, -0.25) is 4.79 Å². The third-order valence-electron chi connectivity index (χ3n) is 1.16. The third-order valence-corrected chi connectivity index (χ3v) is 2.07. The molecule has 0 amide bonds. The van der Waals surface area contributed by atoms with E-state index in [1.807, 2.05) is 6.92 Å². The molecule has 2 nitrogen and oxygen atoms in total. The molecule has 0 fully saturated rings. The Morgan fingerprint density at radius 1 is 1.64 bits per heavy atom. The van der Waals surface area contributed by atoms with Gasteiger partial charge >= 0.3 is 5.97 Å². The maximum atomic E-state index is 10.9. The van der Waals surface area contributed by atoms with Crippen LogP contribution in [-0.4, -0.2) is 17.2 Å². The fraction of sp³-hybridized carbons (Fsp3) is 0.857.